The monoisotopic (exact) mass is 287 g/mol. The van der Waals surface area contributed by atoms with E-state index in [-0.39, 0.29) is 11.4 Å². The summed E-state index contributed by atoms with van der Waals surface area (Å²) in [4.78, 5) is 0.253. The van der Waals surface area contributed by atoms with Crippen LogP contribution < -0.4 is 4.72 Å². The van der Waals surface area contributed by atoms with E-state index >= 15 is 0 Å². The van der Waals surface area contributed by atoms with Crippen LogP contribution in [0.4, 0.5) is 0 Å². The van der Waals surface area contributed by atoms with E-state index in [2.05, 4.69) is 4.72 Å². The van der Waals surface area contributed by atoms with Crippen molar-refractivity contribution < 1.29 is 17.9 Å². The first-order valence-electron chi connectivity index (χ1n) is 5.93. The molecule has 0 saturated carbocycles. The van der Waals surface area contributed by atoms with E-state index in [1.807, 2.05) is 13.0 Å². The lowest BCUT2D eigenvalue weighted by molar-refractivity contribution is -0.0460. The molecular formula is C13H21NO4S. The summed E-state index contributed by atoms with van der Waals surface area (Å²) in [5.41, 5.74) is 0.209. The minimum Gasteiger partial charge on any atom is -0.382 e. The summed E-state index contributed by atoms with van der Waals surface area (Å²) in [6, 6.07) is 6.76. The maximum Gasteiger partial charge on any atom is 0.240 e. The van der Waals surface area contributed by atoms with Gasteiger partial charge >= 0.3 is 0 Å². The molecule has 0 aliphatic heterocycles. The summed E-state index contributed by atoms with van der Waals surface area (Å²) >= 11 is 0. The van der Waals surface area contributed by atoms with Gasteiger partial charge in [0, 0.05) is 20.8 Å². The zero-order valence-electron chi connectivity index (χ0n) is 11.8. The van der Waals surface area contributed by atoms with Gasteiger partial charge in [-0.1, -0.05) is 12.1 Å². The SMILES string of the molecule is COCC(C)(CNS(=O)(=O)c1cccc(C)c1)OC. The van der Waals surface area contributed by atoms with E-state index < -0.39 is 15.6 Å². The lowest BCUT2D eigenvalue weighted by Gasteiger charge is -2.27. The van der Waals surface area contributed by atoms with Crippen LogP contribution in [0.2, 0.25) is 0 Å². The van der Waals surface area contributed by atoms with Crippen molar-refractivity contribution >= 4 is 10.0 Å². The van der Waals surface area contributed by atoms with Crippen molar-refractivity contribution in [3.05, 3.63) is 29.8 Å². The fourth-order valence-corrected chi connectivity index (χ4v) is 2.86. The van der Waals surface area contributed by atoms with Crippen LogP contribution in [0.15, 0.2) is 29.2 Å². The second-order valence-electron chi connectivity index (χ2n) is 4.73. The topological polar surface area (TPSA) is 64.6 Å². The number of hydrogen-bond donors (Lipinski definition) is 1. The summed E-state index contributed by atoms with van der Waals surface area (Å²) in [6.45, 7) is 4.09. The molecule has 1 N–H and O–H groups in total. The van der Waals surface area contributed by atoms with Crippen LogP contribution in [-0.2, 0) is 19.5 Å². The van der Waals surface area contributed by atoms with Gasteiger partial charge in [-0.15, -0.1) is 0 Å². The molecule has 19 heavy (non-hydrogen) atoms. The number of hydrogen-bond acceptors (Lipinski definition) is 4. The third kappa shape index (κ3) is 4.58. The second-order valence-corrected chi connectivity index (χ2v) is 6.50. The van der Waals surface area contributed by atoms with Crippen LogP contribution in [0.25, 0.3) is 0 Å². The lowest BCUT2D eigenvalue weighted by Crippen LogP contribution is -2.45. The molecule has 108 valence electrons. The predicted octanol–water partition coefficient (Wildman–Crippen LogP) is 1.32. The van der Waals surface area contributed by atoms with Gasteiger partial charge in [-0.3, -0.25) is 0 Å². The Hall–Kier alpha value is -0.950. The molecule has 0 radical (unpaired) electrons. The number of sulfonamides is 1. The molecule has 0 saturated heterocycles. The Bertz CT molecular complexity index is 515. The molecule has 0 bridgehead atoms. The van der Waals surface area contributed by atoms with E-state index in [9.17, 15) is 8.42 Å². The molecule has 1 unspecified atom stereocenters. The van der Waals surface area contributed by atoms with Gasteiger partial charge in [-0.05, 0) is 31.5 Å². The Morgan fingerprint density at radius 2 is 2.00 bits per heavy atom. The highest BCUT2D eigenvalue weighted by molar-refractivity contribution is 7.89. The molecule has 0 fully saturated rings. The number of methoxy groups -OCH3 is 2. The normalized spacial score (nSPS) is 15.2. The van der Waals surface area contributed by atoms with E-state index in [1.54, 1.807) is 32.2 Å². The molecule has 1 aromatic carbocycles. The molecule has 1 aromatic rings. The molecule has 1 atom stereocenters. The third-order valence-electron chi connectivity index (χ3n) is 2.88. The van der Waals surface area contributed by atoms with E-state index in [1.165, 1.54) is 7.11 Å². The summed E-state index contributed by atoms with van der Waals surface area (Å²) in [7, 11) is -0.454. The maximum atomic E-state index is 12.1. The van der Waals surface area contributed by atoms with Gasteiger partial charge in [0.1, 0.15) is 5.60 Å². The number of ether oxygens (including phenoxy) is 2. The van der Waals surface area contributed by atoms with E-state index in [4.69, 9.17) is 9.47 Å². The predicted molar refractivity (Wildman–Crippen MR) is 73.7 cm³/mol. The van der Waals surface area contributed by atoms with Crippen molar-refractivity contribution in [2.45, 2.75) is 24.3 Å². The zero-order valence-corrected chi connectivity index (χ0v) is 12.6. The second kappa shape index (κ2) is 6.47. The average molecular weight is 287 g/mol. The number of aryl methyl sites for hydroxylation is 1. The average Bonchev–Trinajstić information content (AvgIpc) is 2.37. The minimum absolute atomic E-state index is 0.146. The van der Waals surface area contributed by atoms with Gasteiger partial charge in [0.05, 0.1) is 11.5 Å². The summed E-state index contributed by atoms with van der Waals surface area (Å²) in [5.74, 6) is 0. The molecule has 0 aliphatic rings. The summed E-state index contributed by atoms with van der Waals surface area (Å²) < 4.78 is 37.1. The number of benzene rings is 1. The van der Waals surface area contributed by atoms with Crippen LogP contribution in [0.1, 0.15) is 12.5 Å². The molecule has 0 aliphatic carbocycles. The van der Waals surface area contributed by atoms with Crippen LogP contribution in [0, 0.1) is 6.92 Å². The van der Waals surface area contributed by atoms with Crippen molar-refractivity contribution in [2.75, 3.05) is 27.4 Å². The molecule has 5 nitrogen and oxygen atoms in total. The highest BCUT2D eigenvalue weighted by Gasteiger charge is 2.26. The van der Waals surface area contributed by atoms with E-state index in [0.717, 1.165) is 5.56 Å². The molecular weight excluding hydrogens is 266 g/mol. The van der Waals surface area contributed by atoms with Crippen molar-refractivity contribution in [2.24, 2.45) is 0 Å². The standard InChI is InChI=1S/C13H21NO4S/c1-11-6-5-7-12(8-11)19(15,16)14-9-13(2,18-4)10-17-3/h5-8,14H,9-10H2,1-4H3. The van der Waals surface area contributed by atoms with Crippen LogP contribution in [-0.4, -0.2) is 41.4 Å². The first kappa shape index (κ1) is 16.1. The van der Waals surface area contributed by atoms with Gasteiger partial charge in [0.2, 0.25) is 10.0 Å². The van der Waals surface area contributed by atoms with Crippen molar-refractivity contribution in [1.29, 1.82) is 0 Å². The highest BCUT2D eigenvalue weighted by Crippen LogP contribution is 2.13. The zero-order chi connectivity index (χ0) is 14.5. The molecule has 6 heteroatoms. The summed E-state index contributed by atoms with van der Waals surface area (Å²) in [6.07, 6.45) is 0. The highest BCUT2D eigenvalue weighted by atomic mass is 32.2. The fraction of sp³-hybridized carbons (Fsp3) is 0.538. The largest absolute Gasteiger partial charge is 0.382 e. The smallest absolute Gasteiger partial charge is 0.240 e. The molecule has 0 amide bonds. The van der Waals surface area contributed by atoms with Crippen LogP contribution >= 0.6 is 0 Å². The van der Waals surface area contributed by atoms with E-state index in [0.29, 0.717) is 6.61 Å². The third-order valence-corrected chi connectivity index (χ3v) is 4.28. The quantitative estimate of drug-likeness (QED) is 0.821. The van der Waals surface area contributed by atoms with Gasteiger partial charge in [0.25, 0.3) is 0 Å². The van der Waals surface area contributed by atoms with Crippen molar-refractivity contribution in [3.8, 4) is 0 Å². The number of nitrogens with one attached hydrogen (secondary N) is 1. The van der Waals surface area contributed by atoms with Gasteiger partial charge in [0.15, 0.2) is 0 Å². The minimum atomic E-state index is -3.53. The Balaban J connectivity index is 2.81. The fourth-order valence-electron chi connectivity index (χ4n) is 1.60. The van der Waals surface area contributed by atoms with Crippen LogP contribution in [0.3, 0.4) is 0 Å². The molecule has 0 spiro atoms. The summed E-state index contributed by atoms with van der Waals surface area (Å²) in [5, 5.41) is 0. The number of rotatable bonds is 7. The first-order valence-corrected chi connectivity index (χ1v) is 7.42. The van der Waals surface area contributed by atoms with Gasteiger partial charge in [-0.2, -0.15) is 0 Å². The molecule has 0 heterocycles. The Labute approximate surface area is 115 Å². The Kier molecular flexibility index (Phi) is 5.49. The lowest BCUT2D eigenvalue weighted by atomic mass is 10.1. The molecule has 0 aromatic heterocycles. The van der Waals surface area contributed by atoms with Gasteiger partial charge in [-0.25, -0.2) is 13.1 Å². The maximum absolute atomic E-state index is 12.1. The van der Waals surface area contributed by atoms with Crippen molar-refractivity contribution in [3.63, 3.8) is 0 Å². The first-order chi connectivity index (χ1) is 8.83. The van der Waals surface area contributed by atoms with Crippen molar-refractivity contribution in [1.82, 2.24) is 4.72 Å². The Morgan fingerprint density at radius 3 is 2.53 bits per heavy atom. The van der Waals surface area contributed by atoms with Crippen LogP contribution in [0.5, 0.6) is 0 Å². The molecule has 1 rings (SSSR count). The van der Waals surface area contributed by atoms with Gasteiger partial charge < -0.3 is 9.47 Å². The Morgan fingerprint density at radius 1 is 1.32 bits per heavy atom.